The molecule has 9 heteroatoms. The summed E-state index contributed by atoms with van der Waals surface area (Å²) in [5, 5.41) is 0.516. The zero-order valence-electron chi connectivity index (χ0n) is 18.5. The summed E-state index contributed by atoms with van der Waals surface area (Å²) >= 11 is 9.83. The van der Waals surface area contributed by atoms with Crippen LogP contribution in [0.15, 0.2) is 45.8 Å². The van der Waals surface area contributed by atoms with E-state index >= 15 is 0 Å². The van der Waals surface area contributed by atoms with E-state index in [1.165, 1.54) is 0 Å². The molecule has 1 unspecified atom stereocenters. The summed E-state index contributed by atoms with van der Waals surface area (Å²) in [5.41, 5.74) is 1.60. The lowest BCUT2D eigenvalue weighted by Crippen LogP contribution is -2.41. The van der Waals surface area contributed by atoms with Gasteiger partial charge in [0.25, 0.3) is 0 Å². The second-order valence-corrected chi connectivity index (χ2v) is 11.8. The van der Waals surface area contributed by atoms with Crippen LogP contribution in [0.3, 0.4) is 0 Å². The molecule has 0 bridgehead atoms. The average molecular weight is 556 g/mol. The zero-order chi connectivity index (χ0) is 23.6. The second-order valence-electron chi connectivity index (χ2n) is 8.76. The Morgan fingerprint density at radius 2 is 2.00 bits per heavy atom. The Balaban J connectivity index is 1.52. The fourth-order valence-electron chi connectivity index (χ4n) is 4.47. The molecule has 0 aliphatic carbocycles. The molecule has 0 aromatic heterocycles. The minimum Gasteiger partial charge on any atom is -0.492 e. The normalized spacial score (nSPS) is 17.5. The molecule has 1 fully saturated rings. The molecule has 1 amide bonds. The van der Waals surface area contributed by atoms with Gasteiger partial charge in [-0.25, -0.2) is 13.1 Å². The number of carbonyl (C=O) groups excluding carboxylic acids is 1. The number of rotatable bonds is 7. The second kappa shape index (κ2) is 10.3. The van der Waals surface area contributed by atoms with E-state index in [0.717, 1.165) is 24.0 Å². The highest BCUT2D eigenvalue weighted by Gasteiger charge is 2.31. The number of piperidine rings is 1. The molecule has 2 aliphatic rings. The minimum absolute atomic E-state index is 0.000813. The molecule has 1 saturated heterocycles. The number of hydrogen-bond acceptors (Lipinski definition) is 4. The van der Waals surface area contributed by atoms with Crippen LogP contribution in [0, 0.1) is 5.92 Å². The van der Waals surface area contributed by atoms with Gasteiger partial charge in [0.05, 0.1) is 12.5 Å². The highest BCUT2D eigenvalue weighted by molar-refractivity contribution is 9.10. The number of nitrogens with zero attached hydrogens (tertiary/aromatic N) is 1. The fraction of sp³-hybridized carbons (Fsp3) is 0.458. The van der Waals surface area contributed by atoms with Crippen LogP contribution in [-0.2, 0) is 21.2 Å². The SMILES string of the molecule is CC1CCN(C(=O)C(CCNS(=O)(=O)c2cc(Br)cc3c2OCC3)c2ccccc2Cl)CC1. The highest BCUT2D eigenvalue weighted by atomic mass is 79.9. The Morgan fingerprint density at radius 3 is 2.73 bits per heavy atom. The van der Waals surface area contributed by atoms with E-state index in [1.807, 2.05) is 29.2 Å². The maximum Gasteiger partial charge on any atom is 0.244 e. The van der Waals surface area contributed by atoms with Gasteiger partial charge in [-0.2, -0.15) is 0 Å². The van der Waals surface area contributed by atoms with Crippen LogP contribution >= 0.6 is 27.5 Å². The Morgan fingerprint density at radius 1 is 1.27 bits per heavy atom. The number of amides is 1. The van der Waals surface area contributed by atoms with Crippen LogP contribution in [0.4, 0.5) is 0 Å². The number of benzene rings is 2. The number of nitrogens with one attached hydrogen (secondary N) is 1. The molecule has 2 heterocycles. The third kappa shape index (κ3) is 5.56. The lowest BCUT2D eigenvalue weighted by molar-refractivity contribution is -0.134. The van der Waals surface area contributed by atoms with Gasteiger partial charge in [-0.1, -0.05) is 52.7 Å². The van der Waals surface area contributed by atoms with Crippen LogP contribution in [0.2, 0.25) is 5.02 Å². The van der Waals surface area contributed by atoms with Crippen molar-refractivity contribution in [3.8, 4) is 5.75 Å². The Kier molecular flexibility index (Phi) is 7.68. The van der Waals surface area contributed by atoms with Crippen molar-refractivity contribution < 1.29 is 17.9 Å². The summed E-state index contributed by atoms with van der Waals surface area (Å²) in [5.74, 6) is 0.501. The van der Waals surface area contributed by atoms with Crippen LogP contribution in [0.5, 0.6) is 5.75 Å². The van der Waals surface area contributed by atoms with Gasteiger partial charge in [0.2, 0.25) is 15.9 Å². The summed E-state index contributed by atoms with van der Waals surface area (Å²) in [6, 6.07) is 10.7. The van der Waals surface area contributed by atoms with Crippen LogP contribution < -0.4 is 9.46 Å². The number of fused-ring (bicyclic) bond motifs is 1. The van der Waals surface area contributed by atoms with Crippen molar-refractivity contribution in [3.63, 3.8) is 0 Å². The van der Waals surface area contributed by atoms with Crippen LogP contribution in [-0.4, -0.2) is 45.5 Å². The summed E-state index contributed by atoms with van der Waals surface area (Å²) in [4.78, 5) is 15.5. The maximum atomic E-state index is 13.4. The van der Waals surface area contributed by atoms with Crippen molar-refractivity contribution in [2.75, 3.05) is 26.2 Å². The van der Waals surface area contributed by atoms with Crippen molar-refractivity contribution in [3.05, 3.63) is 57.0 Å². The van der Waals surface area contributed by atoms with E-state index < -0.39 is 15.9 Å². The van der Waals surface area contributed by atoms with Crippen LogP contribution in [0.1, 0.15) is 43.2 Å². The van der Waals surface area contributed by atoms with E-state index in [4.69, 9.17) is 16.3 Å². The molecular formula is C24H28BrClN2O4S. The first-order valence-electron chi connectivity index (χ1n) is 11.2. The smallest absolute Gasteiger partial charge is 0.244 e. The molecule has 2 aliphatic heterocycles. The first-order chi connectivity index (χ1) is 15.8. The Labute approximate surface area is 208 Å². The minimum atomic E-state index is -3.82. The van der Waals surface area contributed by atoms with Crippen molar-refractivity contribution in [2.45, 2.75) is 43.4 Å². The molecule has 6 nitrogen and oxygen atoms in total. The lowest BCUT2D eigenvalue weighted by Gasteiger charge is -2.33. The number of hydrogen-bond donors (Lipinski definition) is 1. The van der Waals surface area contributed by atoms with E-state index in [1.54, 1.807) is 12.1 Å². The van der Waals surface area contributed by atoms with Crippen molar-refractivity contribution >= 4 is 43.5 Å². The number of halogens is 2. The van der Waals surface area contributed by atoms with E-state index in [9.17, 15) is 13.2 Å². The van der Waals surface area contributed by atoms with Gasteiger partial charge >= 0.3 is 0 Å². The molecule has 33 heavy (non-hydrogen) atoms. The topological polar surface area (TPSA) is 75.7 Å². The highest BCUT2D eigenvalue weighted by Crippen LogP contribution is 2.36. The predicted molar refractivity (Wildman–Crippen MR) is 132 cm³/mol. The van der Waals surface area contributed by atoms with Gasteiger partial charge in [0.1, 0.15) is 10.6 Å². The lowest BCUT2D eigenvalue weighted by atomic mass is 9.92. The van der Waals surface area contributed by atoms with Crippen molar-refractivity contribution in [1.29, 1.82) is 0 Å². The van der Waals surface area contributed by atoms with Crippen molar-refractivity contribution in [2.24, 2.45) is 5.92 Å². The standard InChI is InChI=1S/C24H28BrClN2O4S/c1-16-7-11-28(12-8-16)24(29)20(19-4-2-3-5-21(19)26)6-10-27-33(30,31)22-15-18(25)14-17-9-13-32-23(17)22/h2-5,14-16,20,27H,6-13H2,1H3. The van der Waals surface area contributed by atoms with E-state index in [-0.39, 0.29) is 17.3 Å². The molecule has 1 atom stereocenters. The van der Waals surface area contributed by atoms with E-state index in [0.29, 0.717) is 53.7 Å². The molecule has 1 N–H and O–H groups in total. The van der Waals surface area contributed by atoms with Gasteiger partial charge in [-0.05, 0) is 48.9 Å². The van der Waals surface area contributed by atoms with Crippen LogP contribution in [0.25, 0.3) is 0 Å². The third-order valence-electron chi connectivity index (χ3n) is 6.40. The number of likely N-dealkylation sites (tertiary alicyclic amines) is 1. The fourth-order valence-corrected chi connectivity index (χ4v) is 6.65. The van der Waals surface area contributed by atoms with E-state index in [2.05, 4.69) is 27.6 Å². The first-order valence-corrected chi connectivity index (χ1v) is 13.9. The first kappa shape index (κ1) is 24.5. The monoisotopic (exact) mass is 554 g/mol. The molecule has 0 saturated carbocycles. The predicted octanol–water partition coefficient (Wildman–Crippen LogP) is 4.75. The van der Waals surface area contributed by atoms with Crippen molar-refractivity contribution in [1.82, 2.24) is 9.62 Å². The average Bonchev–Trinajstić information content (AvgIpc) is 3.25. The summed E-state index contributed by atoms with van der Waals surface area (Å²) in [6.07, 6.45) is 2.93. The zero-order valence-corrected chi connectivity index (χ0v) is 21.7. The van der Waals surface area contributed by atoms with Gasteiger partial charge in [0.15, 0.2) is 0 Å². The molecule has 178 valence electrons. The largest absolute Gasteiger partial charge is 0.492 e. The third-order valence-corrected chi connectivity index (χ3v) is 8.67. The van der Waals surface area contributed by atoms with Gasteiger partial charge in [-0.3, -0.25) is 4.79 Å². The number of sulfonamides is 1. The molecule has 4 rings (SSSR count). The number of carbonyl (C=O) groups is 1. The molecule has 2 aromatic carbocycles. The molecular weight excluding hydrogens is 528 g/mol. The molecule has 0 radical (unpaired) electrons. The molecule has 0 spiro atoms. The van der Waals surface area contributed by atoms with Gasteiger partial charge in [-0.15, -0.1) is 0 Å². The quantitative estimate of drug-likeness (QED) is 0.535. The Hall–Kier alpha value is -1.61. The summed E-state index contributed by atoms with van der Waals surface area (Å²) < 4.78 is 35.2. The van der Waals surface area contributed by atoms with Gasteiger partial charge < -0.3 is 9.64 Å². The Bertz CT molecular complexity index is 1130. The van der Waals surface area contributed by atoms with Gasteiger partial charge in [0, 0.05) is 41.1 Å². The summed E-state index contributed by atoms with van der Waals surface area (Å²) in [6.45, 7) is 4.20. The maximum absolute atomic E-state index is 13.4. The molecule has 2 aromatic rings. The number of ether oxygens (including phenoxy) is 1. The summed E-state index contributed by atoms with van der Waals surface area (Å²) in [7, 11) is -3.82.